The second kappa shape index (κ2) is 7.45. The third kappa shape index (κ3) is 3.74. The highest BCUT2D eigenvalue weighted by atomic mass is 16.3. The minimum atomic E-state index is -0.700. The number of aryl methyl sites for hydroxylation is 1. The molecule has 1 atom stereocenters. The third-order valence-corrected chi connectivity index (χ3v) is 4.41. The van der Waals surface area contributed by atoms with Crippen molar-refractivity contribution in [2.24, 2.45) is 4.99 Å². The van der Waals surface area contributed by atoms with E-state index in [1.54, 1.807) is 19.1 Å². The van der Waals surface area contributed by atoms with E-state index < -0.39 is 17.1 Å². The number of hydrogen-bond donors (Lipinski definition) is 2. The minimum Gasteiger partial charge on any atom is -0.493 e. The second-order valence-corrected chi connectivity index (χ2v) is 6.43. The summed E-state index contributed by atoms with van der Waals surface area (Å²) in [6.07, 6.45) is 0. The zero-order valence-corrected chi connectivity index (χ0v) is 15.4. The average molecular weight is 363 g/mol. The summed E-state index contributed by atoms with van der Waals surface area (Å²) in [6.45, 7) is 5.47. The Hall–Kier alpha value is -3.41. The van der Waals surface area contributed by atoms with E-state index in [-0.39, 0.29) is 11.6 Å². The number of rotatable bonds is 4. The number of aromatic nitrogens is 2. The van der Waals surface area contributed by atoms with Crippen molar-refractivity contribution in [2.75, 3.05) is 0 Å². The average Bonchev–Trinajstić information content (AvgIpc) is 2.63. The van der Waals surface area contributed by atoms with Gasteiger partial charge in [-0.3, -0.25) is 14.8 Å². The van der Waals surface area contributed by atoms with Crippen LogP contribution in [0.1, 0.15) is 36.6 Å². The van der Waals surface area contributed by atoms with Crippen molar-refractivity contribution < 1.29 is 5.11 Å². The molecule has 1 heterocycles. The van der Waals surface area contributed by atoms with Crippen LogP contribution in [0.5, 0.6) is 5.88 Å². The van der Waals surface area contributed by atoms with Crippen LogP contribution < -0.4 is 11.2 Å². The molecule has 27 heavy (non-hydrogen) atoms. The maximum absolute atomic E-state index is 12.3. The summed E-state index contributed by atoms with van der Waals surface area (Å²) in [5, 5.41) is 10.7. The standard InChI is InChI=1S/C21H21N3O3/c1-13-9-11-17(12-10-13)24-20(26)18(19(25)23-21(24)27)15(3)22-14(2)16-7-5-4-6-8-16/h4-12,14,26H,1-3H3,(H,23,25,27). The number of aliphatic imine (C=N–C) groups is 1. The molecule has 1 unspecified atom stereocenters. The molecule has 0 radical (unpaired) electrons. The first-order valence-corrected chi connectivity index (χ1v) is 8.63. The van der Waals surface area contributed by atoms with Crippen LogP contribution in [0, 0.1) is 6.92 Å². The minimum absolute atomic E-state index is 0.0158. The summed E-state index contributed by atoms with van der Waals surface area (Å²) in [7, 11) is 0. The van der Waals surface area contributed by atoms with Gasteiger partial charge in [0.05, 0.1) is 17.4 Å². The Morgan fingerprint density at radius 2 is 1.70 bits per heavy atom. The van der Waals surface area contributed by atoms with E-state index in [2.05, 4.69) is 9.98 Å². The van der Waals surface area contributed by atoms with Crippen LogP contribution in [-0.4, -0.2) is 20.4 Å². The van der Waals surface area contributed by atoms with E-state index >= 15 is 0 Å². The zero-order chi connectivity index (χ0) is 19.6. The number of nitrogens with zero attached hydrogens (tertiary/aromatic N) is 2. The van der Waals surface area contributed by atoms with Gasteiger partial charge in [-0.2, -0.15) is 0 Å². The predicted octanol–water partition coefficient (Wildman–Crippen LogP) is 3.11. The van der Waals surface area contributed by atoms with E-state index in [4.69, 9.17) is 0 Å². The first kappa shape index (κ1) is 18.4. The monoisotopic (exact) mass is 363 g/mol. The van der Waals surface area contributed by atoms with Crippen LogP contribution >= 0.6 is 0 Å². The molecule has 2 N–H and O–H groups in total. The zero-order valence-electron chi connectivity index (χ0n) is 15.4. The normalized spacial score (nSPS) is 12.8. The van der Waals surface area contributed by atoms with Crippen LogP contribution in [0.15, 0.2) is 69.2 Å². The fourth-order valence-electron chi connectivity index (χ4n) is 2.95. The summed E-state index contributed by atoms with van der Waals surface area (Å²) in [6, 6.07) is 16.5. The molecule has 6 heteroatoms. The van der Waals surface area contributed by atoms with Gasteiger partial charge in [0.25, 0.3) is 5.56 Å². The first-order chi connectivity index (χ1) is 12.9. The van der Waals surface area contributed by atoms with Gasteiger partial charge in [0.2, 0.25) is 5.88 Å². The summed E-state index contributed by atoms with van der Waals surface area (Å²) in [4.78, 5) is 31.4. The fraction of sp³-hybridized carbons (Fsp3) is 0.190. The number of nitrogens with one attached hydrogen (secondary N) is 1. The fourth-order valence-corrected chi connectivity index (χ4v) is 2.95. The number of H-pyrrole nitrogens is 1. The lowest BCUT2D eigenvalue weighted by atomic mass is 10.1. The van der Waals surface area contributed by atoms with Gasteiger partial charge in [0, 0.05) is 0 Å². The lowest BCUT2D eigenvalue weighted by Crippen LogP contribution is -2.32. The van der Waals surface area contributed by atoms with Crippen molar-refractivity contribution in [3.05, 3.63) is 92.1 Å². The molecule has 6 nitrogen and oxygen atoms in total. The molecule has 1 aromatic heterocycles. The molecule has 0 bridgehead atoms. The Bertz CT molecular complexity index is 1090. The van der Waals surface area contributed by atoms with E-state index in [1.807, 2.05) is 56.3 Å². The maximum Gasteiger partial charge on any atom is 0.335 e. The van der Waals surface area contributed by atoms with Crippen molar-refractivity contribution in [2.45, 2.75) is 26.8 Å². The number of hydrogen-bond acceptors (Lipinski definition) is 4. The topological polar surface area (TPSA) is 87.4 Å². The molecule has 0 saturated carbocycles. The van der Waals surface area contributed by atoms with Crippen LogP contribution in [0.3, 0.4) is 0 Å². The van der Waals surface area contributed by atoms with Crippen LogP contribution in [0.2, 0.25) is 0 Å². The van der Waals surface area contributed by atoms with Crippen molar-refractivity contribution in [3.8, 4) is 11.6 Å². The van der Waals surface area contributed by atoms with Gasteiger partial charge >= 0.3 is 5.69 Å². The van der Waals surface area contributed by atoms with E-state index in [9.17, 15) is 14.7 Å². The van der Waals surface area contributed by atoms with Crippen molar-refractivity contribution >= 4 is 5.71 Å². The molecule has 0 saturated heterocycles. The summed E-state index contributed by atoms with van der Waals surface area (Å²) in [5.74, 6) is -0.422. The molecule has 0 aliphatic heterocycles. The van der Waals surface area contributed by atoms with E-state index in [1.165, 1.54) is 0 Å². The highest BCUT2D eigenvalue weighted by molar-refractivity contribution is 6.00. The molecule has 138 valence electrons. The lowest BCUT2D eigenvalue weighted by molar-refractivity contribution is 0.429. The Morgan fingerprint density at radius 1 is 1.07 bits per heavy atom. The van der Waals surface area contributed by atoms with E-state index in [0.29, 0.717) is 11.4 Å². The van der Waals surface area contributed by atoms with Crippen LogP contribution in [0.4, 0.5) is 0 Å². The smallest absolute Gasteiger partial charge is 0.335 e. The second-order valence-electron chi connectivity index (χ2n) is 6.43. The van der Waals surface area contributed by atoms with Gasteiger partial charge in [-0.25, -0.2) is 9.36 Å². The van der Waals surface area contributed by atoms with Gasteiger partial charge in [-0.05, 0) is 38.5 Å². The van der Waals surface area contributed by atoms with Crippen LogP contribution in [-0.2, 0) is 0 Å². The van der Waals surface area contributed by atoms with Gasteiger partial charge in [0.15, 0.2) is 0 Å². The predicted molar refractivity (Wildman–Crippen MR) is 106 cm³/mol. The summed E-state index contributed by atoms with van der Waals surface area (Å²) in [5.41, 5.74) is 1.44. The van der Waals surface area contributed by atoms with Crippen molar-refractivity contribution in [1.82, 2.24) is 9.55 Å². The molecule has 0 aliphatic carbocycles. The van der Waals surface area contributed by atoms with Gasteiger partial charge < -0.3 is 5.11 Å². The molecule has 3 rings (SSSR count). The quantitative estimate of drug-likeness (QED) is 0.698. The molecule has 0 fully saturated rings. The third-order valence-electron chi connectivity index (χ3n) is 4.41. The molecule has 2 aromatic carbocycles. The maximum atomic E-state index is 12.3. The Kier molecular flexibility index (Phi) is 5.07. The first-order valence-electron chi connectivity index (χ1n) is 8.63. The van der Waals surface area contributed by atoms with Gasteiger partial charge in [0.1, 0.15) is 5.56 Å². The Labute approximate surface area is 156 Å². The van der Waals surface area contributed by atoms with Crippen molar-refractivity contribution in [1.29, 1.82) is 0 Å². The summed E-state index contributed by atoms with van der Waals surface area (Å²) >= 11 is 0. The van der Waals surface area contributed by atoms with Crippen LogP contribution in [0.25, 0.3) is 5.69 Å². The highest BCUT2D eigenvalue weighted by Gasteiger charge is 2.18. The molecule has 0 spiro atoms. The van der Waals surface area contributed by atoms with E-state index in [0.717, 1.165) is 15.7 Å². The SMILES string of the molecule is CC(=NC(C)c1ccccc1)c1c(O)n(-c2ccc(C)cc2)c(=O)[nH]c1=O. The Balaban J connectivity index is 2.12. The van der Waals surface area contributed by atoms with Gasteiger partial charge in [-0.1, -0.05) is 48.0 Å². The highest BCUT2D eigenvalue weighted by Crippen LogP contribution is 2.21. The largest absolute Gasteiger partial charge is 0.493 e. The molecule has 0 aliphatic rings. The summed E-state index contributed by atoms with van der Waals surface area (Å²) < 4.78 is 1.07. The van der Waals surface area contributed by atoms with Gasteiger partial charge in [-0.15, -0.1) is 0 Å². The molecule has 0 amide bonds. The van der Waals surface area contributed by atoms with Crippen molar-refractivity contribution in [3.63, 3.8) is 0 Å². The molecule has 3 aromatic rings. The Morgan fingerprint density at radius 3 is 2.33 bits per heavy atom. The number of aromatic hydroxyl groups is 1. The number of benzene rings is 2. The number of aromatic amines is 1. The lowest BCUT2D eigenvalue weighted by Gasteiger charge is -2.13. The molecular weight excluding hydrogens is 342 g/mol. The molecular formula is C21H21N3O3.